The smallest absolute Gasteiger partial charge is 0.299 e. The molecule has 5 nitrogen and oxygen atoms in total. The van der Waals surface area contributed by atoms with Crippen molar-refractivity contribution >= 4 is 23.1 Å². The van der Waals surface area contributed by atoms with Gasteiger partial charge in [0.25, 0.3) is 5.92 Å². The molecule has 0 saturated carbocycles. The summed E-state index contributed by atoms with van der Waals surface area (Å²) in [6.45, 7) is 0. The number of hydrogen-bond donors (Lipinski definition) is 3. The number of halogens is 2. The normalized spacial score (nSPS) is 21.0. The van der Waals surface area contributed by atoms with Gasteiger partial charge in [0.1, 0.15) is 11.7 Å². The van der Waals surface area contributed by atoms with Crippen molar-refractivity contribution in [3.8, 4) is 0 Å². The third kappa shape index (κ3) is 4.11. The van der Waals surface area contributed by atoms with Crippen molar-refractivity contribution in [1.82, 2.24) is 16.2 Å². The standard InChI is InChI=1S/C32H25F2N5/c33-32(34)26-18-22(28-12-7-17-35-39-28)13-15-24(26)25-16-14-23(19-27(25)32)31-37-29(20-8-3-1-4-9-20)36-30(38-31)21-10-5-2-6-11-21/h1-11,13-14,16-19,28,35,39H,12,15H2,(H,36,37,38). The summed E-state index contributed by atoms with van der Waals surface area (Å²) in [5, 5.41) is 4.47. The molecule has 2 aliphatic carbocycles. The quantitative estimate of drug-likeness (QED) is 0.490. The minimum absolute atomic E-state index is 0.00415. The van der Waals surface area contributed by atoms with Crippen LogP contribution in [0.15, 0.2) is 124 Å². The van der Waals surface area contributed by atoms with Crippen molar-refractivity contribution < 1.29 is 8.78 Å². The van der Waals surface area contributed by atoms with Crippen LogP contribution < -0.4 is 26.6 Å². The van der Waals surface area contributed by atoms with E-state index in [9.17, 15) is 0 Å². The van der Waals surface area contributed by atoms with Gasteiger partial charge in [0.2, 0.25) is 0 Å². The SMILES string of the molecule is FC1(F)C2=CC(C3CC=CNN3)=CCC2=c2ccc(=C3N=C(c4ccccc4)NC(c4ccccc4)=N3)cc21. The molecule has 0 amide bonds. The predicted octanol–water partition coefficient (Wildman–Crippen LogP) is 4.14. The van der Waals surface area contributed by atoms with E-state index in [1.54, 1.807) is 18.2 Å². The Morgan fingerprint density at radius 1 is 0.846 bits per heavy atom. The third-order valence-corrected chi connectivity index (χ3v) is 7.46. The molecular weight excluding hydrogens is 492 g/mol. The Bertz CT molecular complexity index is 1690. The van der Waals surface area contributed by atoms with E-state index in [0.29, 0.717) is 39.9 Å². The van der Waals surface area contributed by atoms with Gasteiger partial charge in [-0.3, -0.25) is 0 Å². The number of rotatable bonds is 3. The van der Waals surface area contributed by atoms with Crippen molar-refractivity contribution in [2.75, 3.05) is 0 Å². The van der Waals surface area contributed by atoms with E-state index in [1.807, 2.05) is 85.1 Å². The van der Waals surface area contributed by atoms with E-state index < -0.39 is 5.92 Å². The molecule has 0 fully saturated rings. The van der Waals surface area contributed by atoms with Crippen molar-refractivity contribution in [3.63, 3.8) is 0 Å². The summed E-state index contributed by atoms with van der Waals surface area (Å²) in [6.07, 6.45) is 8.74. The van der Waals surface area contributed by atoms with Gasteiger partial charge in [-0.2, -0.15) is 8.78 Å². The molecule has 7 rings (SSSR count). The highest BCUT2D eigenvalue weighted by Gasteiger charge is 2.45. The largest absolute Gasteiger partial charge is 0.329 e. The molecule has 3 N–H and O–H groups in total. The summed E-state index contributed by atoms with van der Waals surface area (Å²) in [5.74, 6) is -1.48. The van der Waals surface area contributed by atoms with Gasteiger partial charge in [-0.1, -0.05) is 84.9 Å². The maximum Gasteiger partial charge on any atom is 0.299 e. The van der Waals surface area contributed by atoms with Gasteiger partial charge in [0, 0.05) is 33.7 Å². The van der Waals surface area contributed by atoms with Gasteiger partial charge in [-0.15, -0.1) is 0 Å². The molecule has 0 aromatic heterocycles. The maximum absolute atomic E-state index is 16.0. The average Bonchev–Trinajstić information content (AvgIpc) is 3.23. The summed E-state index contributed by atoms with van der Waals surface area (Å²) in [5.41, 5.74) is 9.55. The maximum atomic E-state index is 16.0. The fourth-order valence-electron chi connectivity index (χ4n) is 5.46. The van der Waals surface area contributed by atoms with Crippen LogP contribution in [-0.4, -0.2) is 17.7 Å². The fourth-order valence-corrected chi connectivity index (χ4v) is 5.46. The number of nitrogens with one attached hydrogen (secondary N) is 3. The second kappa shape index (κ2) is 9.29. The highest BCUT2D eigenvalue weighted by molar-refractivity contribution is 6.18. The zero-order valence-corrected chi connectivity index (χ0v) is 21.0. The van der Waals surface area contributed by atoms with Crippen LogP contribution in [0.1, 0.15) is 29.5 Å². The predicted molar refractivity (Wildman–Crippen MR) is 150 cm³/mol. The number of benzene rings is 3. The highest BCUT2D eigenvalue weighted by Crippen LogP contribution is 2.46. The van der Waals surface area contributed by atoms with Crippen LogP contribution in [0, 0.1) is 0 Å². The topological polar surface area (TPSA) is 60.8 Å². The van der Waals surface area contributed by atoms with Crippen LogP contribution in [-0.2, 0) is 5.92 Å². The number of fused-ring (bicyclic) bond motifs is 2. The Labute approximate surface area is 224 Å². The first-order valence-electron chi connectivity index (χ1n) is 13.0. The van der Waals surface area contributed by atoms with E-state index in [4.69, 9.17) is 9.98 Å². The van der Waals surface area contributed by atoms with Gasteiger partial charge in [0.15, 0.2) is 5.82 Å². The Morgan fingerprint density at radius 2 is 1.54 bits per heavy atom. The Morgan fingerprint density at radius 3 is 2.18 bits per heavy atom. The molecule has 0 spiro atoms. The molecule has 0 saturated heterocycles. The second-order valence-corrected chi connectivity index (χ2v) is 9.86. The van der Waals surface area contributed by atoms with Crippen LogP contribution >= 0.6 is 0 Å². The summed E-state index contributed by atoms with van der Waals surface area (Å²) in [4.78, 5) is 9.54. The average molecular weight is 518 g/mol. The highest BCUT2D eigenvalue weighted by atomic mass is 19.3. The summed E-state index contributed by atoms with van der Waals surface area (Å²) >= 11 is 0. The Hall–Kier alpha value is -4.62. The lowest BCUT2D eigenvalue weighted by atomic mass is 9.89. The number of alkyl halides is 2. The number of hydrazine groups is 1. The second-order valence-electron chi connectivity index (χ2n) is 9.86. The Kier molecular flexibility index (Phi) is 5.60. The number of amidine groups is 2. The molecule has 1 unspecified atom stereocenters. The molecule has 4 aliphatic rings. The zero-order chi connectivity index (χ0) is 26.4. The van der Waals surface area contributed by atoms with Gasteiger partial charge in [-0.05, 0) is 41.3 Å². The molecule has 0 bridgehead atoms. The van der Waals surface area contributed by atoms with E-state index in [-0.39, 0.29) is 17.2 Å². The Balaban J connectivity index is 1.35. The zero-order valence-electron chi connectivity index (χ0n) is 21.0. The van der Waals surface area contributed by atoms with Crippen LogP contribution in [0.5, 0.6) is 0 Å². The van der Waals surface area contributed by atoms with Crippen molar-refractivity contribution in [1.29, 1.82) is 0 Å². The van der Waals surface area contributed by atoms with Crippen molar-refractivity contribution in [3.05, 3.63) is 142 Å². The molecule has 1 atom stereocenters. The number of hydrogen-bond acceptors (Lipinski definition) is 5. The fraction of sp³-hybridized carbons (Fsp3) is 0.125. The first-order chi connectivity index (χ1) is 19.1. The van der Waals surface area contributed by atoms with Gasteiger partial charge in [0.05, 0.1) is 6.04 Å². The number of allylic oxidation sites excluding steroid dienone is 2. The summed E-state index contributed by atoms with van der Waals surface area (Å²) in [6, 6.07) is 24.6. The van der Waals surface area contributed by atoms with E-state index in [2.05, 4.69) is 16.2 Å². The van der Waals surface area contributed by atoms with Gasteiger partial charge >= 0.3 is 0 Å². The van der Waals surface area contributed by atoms with E-state index >= 15 is 8.78 Å². The van der Waals surface area contributed by atoms with Crippen molar-refractivity contribution in [2.24, 2.45) is 9.98 Å². The molecule has 7 heteroatoms. The molecular formula is C32H25F2N5. The van der Waals surface area contributed by atoms with Gasteiger partial charge < -0.3 is 10.7 Å². The van der Waals surface area contributed by atoms with Crippen LogP contribution in [0.3, 0.4) is 0 Å². The lowest BCUT2D eigenvalue weighted by Gasteiger charge is -2.26. The molecule has 39 heavy (non-hydrogen) atoms. The lowest BCUT2D eigenvalue weighted by Crippen LogP contribution is -2.41. The summed E-state index contributed by atoms with van der Waals surface area (Å²) < 4.78 is 32.0. The van der Waals surface area contributed by atoms with Gasteiger partial charge in [-0.25, -0.2) is 15.4 Å². The molecule has 3 aromatic rings. The van der Waals surface area contributed by atoms with Crippen LogP contribution in [0.25, 0.3) is 11.4 Å². The first-order valence-corrected chi connectivity index (χ1v) is 13.0. The van der Waals surface area contributed by atoms with Crippen molar-refractivity contribution in [2.45, 2.75) is 24.8 Å². The molecule has 2 heterocycles. The molecule has 2 aliphatic heterocycles. The van der Waals surface area contributed by atoms with Crippen LogP contribution in [0.2, 0.25) is 0 Å². The first kappa shape index (κ1) is 23.5. The third-order valence-electron chi connectivity index (χ3n) is 7.46. The minimum Gasteiger partial charge on any atom is -0.329 e. The summed E-state index contributed by atoms with van der Waals surface area (Å²) in [7, 11) is 0. The number of nitrogens with zero attached hydrogens (tertiary/aromatic N) is 2. The monoisotopic (exact) mass is 517 g/mol. The van der Waals surface area contributed by atoms with Crippen LogP contribution in [0.4, 0.5) is 8.78 Å². The minimum atomic E-state index is -3.11. The molecule has 0 radical (unpaired) electrons. The number of aliphatic imine (C=N–C) groups is 2. The van der Waals surface area contributed by atoms with E-state index in [1.165, 1.54) is 0 Å². The molecule has 192 valence electrons. The lowest BCUT2D eigenvalue weighted by molar-refractivity contribution is 0.0456. The molecule has 3 aromatic carbocycles. The van der Waals surface area contributed by atoms with E-state index in [0.717, 1.165) is 23.1 Å².